The van der Waals surface area contributed by atoms with Crippen LogP contribution in [0.5, 0.6) is 0 Å². The van der Waals surface area contributed by atoms with Crippen molar-refractivity contribution in [2.75, 3.05) is 17.2 Å². The highest BCUT2D eigenvalue weighted by Gasteiger charge is 2.20. The number of nitrogens with one attached hydrogen (secondary N) is 3. The van der Waals surface area contributed by atoms with Gasteiger partial charge in [0.05, 0.1) is 4.88 Å². The molecule has 0 bridgehead atoms. The number of hydrogen-bond donors (Lipinski definition) is 3. The number of rotatable bonds is 7. The van der Waals surface area contributed by atoms with Gasteiger partial charge in [-0.3, -0.25) is 14.4 Å². The Morgan fingerprint density at radius 1 is 1.00 bits per heavy atom. The summed E-state index contributed by atoms with van der Waals surface area (Å²) in [7, 11) is 0. The van der Waals surface area contributed by atoms with Crippen molar-refractivity contribution < 1.29 is 14.4 Å². The predicted octanol–water partition coefficient (Wildman–Crippen LogP) is 3.88. The number of benzene rings is 1. The Bertz CT molecular complexity index is 795. The fraction of sp³-hybridized carbons (Fsp3) is 0.350. The molecule has 0 aliphatic rings. The normalized spacial score (nSPS) is 10.9. The van der Waals surface area contributed by atoms with Crippen LogP contribution in [-0.4, -0.2) is 24.3 Å². The summed E-state index contributed by atoms with van der Waals surface area (Å²) in [6.07, 6.45) is 0.860. The number of carbonyl (C=O) groups is 3. The van der Waals surface area contributed by atoms with Crippen molar-refractivity contribution in [3.05, 3.63) is 46.7 Å². The Morgan fingerprint density at radius 3 is 2.33 bits per heavy atom. The molecule has 27 heavy (non-hydrogen) atoms. The molecule has 6 nitrogen and oxygen atoms in total. The third-order valence-corrected chi connectivity index (χ3v) is 4.57. The fourth-order valence-corrected chi connectivity index (χ4v) is 2.83. The minimum atomic E-state index is -0.434. The zero-order chi connectivity index (χ0) is 19.9. The van der Waals surface area contributed by atoms with Gasteiger partial charge in [0.15, 0.2) is 0 Å². The highest BCUT2D eigenvalue weighted by molar-refractivity contribution is 7.12. The van der Waals surface area contributed by atoms with Gasteiger partial charge >= 0.3 is 0 Å². The summed E-state index contributed by atoms with van der Waals surface area (Å²) in [4.78, 5) is 36.5. The van der Waals surface area contributed by atoms with Gasteiger partial charge in [0.25, 0.3) is 5.91 Å². The molecule has 3 N–H and O–H groups in total. The lowest BCUT2D eigenvalue weighted by Gasteiger charge is -2.17. The molecule has 0 saturated carbocycles. The van der Waals surface area contributed by atoms with Crippen LogP contribution in [-0.2, 0) is 9.59 Å². The summed E-state index contributed by atoms with van der Waals surface area (Å²) in [5.41, 5.74) is 0.794. The fourth-order valence-electron chi connectivity index (χ4n) is 2.21. The summed E-state index contributed by atoms with van der Waals surface area (Å²) >= 11 is 1.37. The van der Waals surface area contributed by atoms with Gasteiger partial charge < -0.3 is 16.0 Å². The number of thiophene rings is 1. The van der Waals surface area contributed by atoms with Crippen LogP contribution < -0.4 is 16.0 Å². The smallest absolute Gasteiger partial charge is 0.265 e. The second-order valence-electron chi connectivity index (χ2n) is 7.17. The Morgan fingerprint density at radius 2 is 1.70 bits per heavy atom. The molecule has 1 aromatic carbocycles. The largest absolute Gasteiger partial charge is 0.356 e. The van der Waals surface area contributed by atoms with E-state index in [4.69, 9.17) is 0 Å². The maximum atomic E-state index is 12.1. The summed E-state index contributed by atoms with van der Waals surface area (Å²) in [5, 5.41) is 10.3. The van der Waals surface area contributed by atoms with Gasteiger partial charge in [-0.1, -0.05) is 32.9 Å². The Labute approximate surface area is 163 Å². The molecule has 2 rings (SSSR count). The van der Waals surface area contributed by atoms with Gasteiger partial charge in [0.1, 0.15) is 0 Å². The van der Waals surface area contributed by atoms with Gasteiger partial charge in [0, 0.05) is 29.8 Å². The van der Waals surface area contributed by atoms with Crippen LogP contribution in [0.4, 0.5) is 11.4 Å². The summed E-state index contributed by atoms with van der Waals surface area (Å²) in [5.74, 6) is -0.345. The second kappa shape index (κ2) is 9.32. The lowest BCUT2D eigenvalue weighted by atomic mass is 9.96. The molecule has 7 heteroatoms. The number of anilines is 2. The molecule has 0 aliphatic carbocycles. The maximum Gasteiger partial charge on any atom is 0.265 e. The molecule has 0 fully saturated rings. The first-order valence-corrected chi connectivity index (χ1v) is 9.67. The van der Waals surface area contributed by atoms with Crippen LogP contribution in [0.1, 0.15) is 43.3 Å². The van der Waals surface area contributed by atoms with Crippen molar-refractivity contribution in [1.82, 2.24) is 5.32 Å². The number of carbonyl (C=O) groups excluding carboxylic acids is 3. The van der Waals surface area contributed by atoms with E-state index in [1.54, 1.807) is 30.3 Å². The van der Waals surface area contributed by atoms with E-state index >= 15 is 0 Å². The molecule has 0 spiro atoms. The Balaban J connectivity index is 1.79. The molecule has 0 saturated heterocycles. The second-order valence-corrected chi connectivity index (χ2v) is 8.12. The van der Waals surface area contributed by atoms with Crippen molar-refractivity contribution in [1.29, 1.82) is 0 Å². The first kappa shape index (κ1) is 20.6. The third-order valence-electron chi connectivity index (χ3n) is 3.70. The molecule has 0 atom stereocenters. The van der Waals surface area contributed by atoms with Crippen molar-refractivity contribution >= 4 is 40.4 Å². The first-order valence-electron chi connectivity index (χ1n) is 8.79. The lowest BCUT2D eigenvalue weighted by Crippen LogP contribution is -2.35. The molecular weight excluding hydrogens is 362 g/mol. The third kappa shape index (κ3) is 6.86. The minimum absolute atomic E-state index is 0.0305. The number of amides is 3. The zero-order valence-electron chi connectivity index (χ0n) is 15.8. The van der Waals surface area contributed by atoms with Gasteiger partial charge in [0.2, 0.25) is 11.8 Å². The van der Waals surface area contributed by atoms with Crippen molar-refractivity contribution in [3.8, 4) is 0 Å². The molecule has 144 valence electrons. The lowest BCUT2D eigenvalue weighted by molar-refractivity contribution is -0.128. The molecule has 0 aliphatic heterocycles. The SMILES string of the molecule is CC(C)(C)C(=O)NCCCC(=O)Nc1cccc(NC(=O)c2cccs2)c1. The average molecular weight is 388 g/mol. The van der Waals surface area contributed by atoms with Gasteiger partial charge in [-0.15, -0.1) is 11.3 Å². The van der Waals surface area contributed by atoms with Crippen LogP contribution >= 0.6 is 11.3 Å². The topological polar surface area (TPSA) is 87.3 Å². The number of hydrogen-bond acceptors (Lipinski definition) is 4. The summed E-state index contributed by atoms with van der Waals surface area (Å²) < 4.78 is 0. The van der Waals surface area contributed by atoms with E-state index in [1.807, 2.05) is 32.2 Å². The van der Waals surface area contributed by atoms with E-state index in [2.05, 4.69) is 16.0 Å². The minimum Gasteiger partial charge on any atom is -0.356 e. The van der Waals surface area contributed by atoms with Crippen molar-refractivity contribution in [3.63, 3.8) is 0 Å². The van der Waals surface area contributed by atoms with E-state index in [0.29, 0.717) is 35.6 Å². The summed E-state index contributed by atoms with van der Waals surface area (Å²) in [6, 6.07) is 10.6. The molecule has 2 aromatic rings. The molecule has 0 radical (unpaired) electrons. The van der Waals surface area contributed by atoms with Crippen LogP contribution in [0.3, 0.4) is 0 Å². The van der Waals surface area contributed by atoms with Gasteiger partial charge in [-0.05, 0) is 36.1 Å². The molecule has 0 unspecified atom stereocenters. The van der Waals surface area contributed by atoms with Crippen LogP contribution in [0.25, 0.3) is 0 Å². The van der Waals surface area contributed by atoms with E-state index in [0.717, 1.165) is 0 Å². The molecule has 1 aromatic heterocycles. The maximum absolute atomic E-state index is 12.1. The van der Waals surface area contributed by atoms with E-state index in [9.17, 15) is 14.4 Å². The monoisotopic (exact) mass is 387 g/mol. The molecule has 3 amide bonds. The summed E-state index contributed by atoms with van der Waals surface area (Å²) in [6.45, 7) is 6.00. The quantitative estimate of drug-likeness (QED) is 0.630. The predicted molar refractivity (Wildman–Crippen MR) is 109 cm³/mol. The van der Waals surface area contributed by atoms with E-state index < -0.39 is 5.41 Å². The molecule has 1 heterocycles. The van der Waals surface area contributed by atoms with Crippen molar-refractivity contribution in [2.24, 2.45) is 5.41 Å². The average Bonchev–Trinajstić information content (AvgIpc) is 3.12. The van der Waals surface area contributed by atoms with Crippen LogP contribution in [0, 0.1) is 5.41 Å². The van der Waals surface area contributed by atoms with Crippen LogP contribution in [0.15, 0.2) is 41.8 Å². The van der Waals surface area contributed by atoms with Crippen molar-refractivity contribution in [2.45, 2.75) is 33.6 Å². The highest BCUT2D eigenvalue weighted by atomic mass is 32.1. The standard InChI is InChI=1S/C20H25N3O3S/c1-20(2,3)19(26)21-11-5-10-17(24)22-14-7-4-8-15(13-14)23-18(25)16-9-6-12-27-16/h4,6-9,12-13H,5,10-11H2,1-3H3,(H,21,26)(H,22,24)(H,23,25). The highest BCUT2D eigenvalue weighted by Crippen LogP contribution is 2.18. The van der Waals surface area contributed by atoms with E-state index in [-0.39, 0.29) is 17.7 Å². The van der Waals surface area contributed by atoms with Gasteiger partial charge in [-0.25, -0.2) is 0 Å². The Hall–Kier alpha value is -2.67. The molecular formula is C20H25N3O3S. The van der Waals surface area contributed by atoms with Crippen LogP contribution in [0.2, 0.25) is 0 Å². The van der Waals surface area contributed by atoms with E-state index in [1.165, 1.54) is 11.3 Å². The first-order chi connectivity index (χ1) is 12.8. The Kier molecular flexibility index (Phi) is 7.12. The van der Waals surface area contributed by atoms with Gasteiger partial charge in [-0.2, -0.15) is 0 Å². The zero-order valence-corrected chi connectivity index (χ0v) is 16.6.